The second kappa shape index (κ2) is 9.71. The Morgan fingerprint density at radius 1 is 1.08 bits per heavy atom. The van der Waals surface area contributed by atoms with Crippen LogP contribution in [0.3, 0.4) is 0 Å². The van der Waals surface area contributed by atoms with Crippen LogP contribution in [-0.4, -0.2) is 33.0 Å². The minimum absolute atomic E-state index is 0.0921. The Balaban J connectivity index is 1.86. The lowest BCUT2D eigenvalue weighted by atomic mass is 10.2. The first kappa shape index (κ1) is 20.4. The van der Waals surface area contributed by atoms with E-state index < -0.39 is 14.2 Å². The molecular weight excluding hydrogens is 340 g/mol. The number of aliphatic hydroxyl groups is 1. The van der Waals surface area contributed by atoms with Gasteiger partial charge in [0.2, 0.25) is 0 Å². The highest BCUT2D eigenvalue weighted by atomic mass is 28.3. The van der Waals surface area contributed by atoms with Crippen molar-refractivity contribution in [3.05, 3.63) is 72.8 Å². The molecule has 0 saturated heterocycles. The summed E-state index contributed by atoms with van der Waals surface area (Å²) < 4.78 is 10.9. The minimum Gasteiger partial charge on any atom is -0.497 e. The van der Waals surface area contributed by atoms with E-state index in [0.717, 1.165) is 11.3 Å². The summed E-state index contributed by atoms with van der Waals surface area (Å²) in [4.78, 5) is 0. The maximum atomic E-state index is 10.7. The Labute approximate surface area is 158 Å². The van der Waals surface area contributed by atoms with E-state index in [1.54, 1.807) is 7.11 Å². The summed E-state index contributed by atoms with van der Waals surface area (Å²) in [5, 5.41) is 12.1. The number of rotatable bonds is 10. The Bertz CT molecular complexity index is 668. The summed E-state index contributed by atoms with van der Waals surface area (Å²) in [5.41, 5.74) is 1.19. The molecule has 3 nitrogen and oxygen atoms in total. The molecule has 0 aromatic heterocycles. The molecule has 140 valence electrons. The van der Waals surface area contributed by atoms with Gasteiger partial charge in [0, 0.05) is 12.1 Å². The van der Waals surface area contributed by atoms with Crippen molar-refractivity contribution in [2.45, 2.75) is 37.8 Å². The highest BCUT2D eigenvalue weighted by molar-refractivity contribution is 6.91. The maximum Gasteiger partial charge on any atom is 0.118 e. The topological polar surface area (TPSA) is 38.7 Å². The van der Waals surface area contributed by atoms with Gasteiger partial charge in [-0.25, -0.2) is 0 Å². The maximum absolute atomic E-state index is 10.7. The molecule has 0 aliphatic rings. The molecule has 1 N–H and O–H groups in total. The zero-order chi connectivity index (χ0) is 19.0. The van der Waals surface area contributed by atoms with Crippen LogP contribution in [0.25, 0.3) is 0 Å². The summed E-state index contributed by atoms with van der Waals surface area (Å²) in [6, 6.07) is 18.3. The quantitative estimate of drug-likeness (QED) is 0.388. The minimum atomic E-state index is -1.84. The summed E-state index contributed by atoms with van der Waals surface area (Å²) in [6.07, 6.45) is 2.09. The van der Waals surface area contributed by atoms with Gasteiger partial charge in [-0.2, -0.15) is 0 Å². The van der Waals surface area contributed by atoms with Crippen LogP contribution in [0.1, 0.15) is 12.0 Å². The van der Waals surface area contributed by atoms with E-state index in [9.17, 15) is 5.11 Å². The number of benzene rings is 2. The molecule has 4 heteroatoms. The number of aliphatic hydroxyl groups excluding tert-OH is 1. The molecule has 2 atom stereocenters. The first-order valence-corrected chi connectivity index (χ1v) is 12.1. The van der Waals surface area contributed by atoms with Crippen molar-refractivity contribution >= 4 is 13.3 Å². The second-order valence-electron chi connectivity index (χ2n) is 7.11. The third-order valence-corrected chi connectivity index (χ3v) is 9.11. The highest BCUT2D eigenvalue weighted by Gasteiger charge is 2.36. The Kier molecular flexibility index (Phi) is 7.63. The summed E-state index contributed by atoms with van der Waals surface area (Å²) in [6.45, 7) is 9.62. The van der Waals surface area contributed by atoms with Gasteiger partial charge in [-0.05, 0) is 24.1 Å². The summed E-state index contributed by atoms with van der Waals surface area (Å²) in [5.74, 6) is 0.839. The van der Waals surface area contributed by atoms with Gasteiger partial charge in [-0.15, -0.1) is 6.58 Å². The average Bonchev–Trinajstić information content (AvgIpc) is 2.67. The number of methoxy groups -OCH3 is 1. The van der Waals surface area contributed by atoms with Gasteiger partial charge in [0.1, 0.15) is 5.75 Å². The molecule has 0 aliphatic heterocycles. The first-order chi connectivity index (χ1) is 12.5. The lowest BCUT2D eigenvalue weighted by molar-refractivity contribution is 0.0740. The lowest BCUT2D eigenvalue weighted by Gasteiger charge is -2.34. The molecule has 2 rings (SSSR count). The third-order valence-electron chi connectivity index (χ3n) is 5.01. The molecule has 0 saturated carbocycles. The average molecular weight is 371 g/mol. The van der Waals surface area contributed by atoms with Gasteiger partial charge in [-0.1, -0.05) is 66.8 Å². The molecule has 2 aromatic carbocycles. The molecule has 0 fully saturated rings. The van der Waals surface area contributed by atoms with Crippen molar-refractivity contribution in [3.8, 4) is 5.75 Å². The van der Waals surface area contributed by atoms with Crippen molar-refractivity contribution in [2.24, 2.45) is 0 Å². The zero-order valence-corrected chi connectivity index (χ0v) is 17.0. The molecule has 0 amide bonds. The van der Waals surface area contributed by atoms with Gasteiger partial charge in [0.05, 0.1) is 27.9 Å². The highest BCUT2D eigenvalue weighted by Crippen LogP contribution is 2.28. The standard InChI is InChI=1S/C22H30O3Si/c1-5-22(26(3,4)20-9-7-6-8-10-20)21(23)15-16-25-17-18-11-13-19(24-2)14-12-18/h5-14,21-23H,1,15-17H2,2-4H3/t21-,22+/m0/s1. The normalized spacial score (nSPS) is 13.8. The van der Waals surface area contributed by atoms with Crippen LogP contribution in [0.5, 0.6) is 5.75 Å². The molecule has 0 aliphatic carbocycles. The molecule has 0 unspecified atom stereocenters. The van der Waals surface area contributed by atoms with Crippen molar-refractivity contribution < 1.29 is 14.6 Å². The van der Waals surface area contributed by atoms with E-state index >= 15 is 0 Å². The van der Waals surface area contributed by atoms with Gasteiger partial charge in [0.15, 0.2) is 0 Å². The van der Waals surface area contributed by atoms with Gasteiger partial charge in [0.25, 0.3) is 0 Å². The fourth-order valence-corrected chi connectivity index (χ4v) is 6.44. The van der Waals surface area contributed by atoms with Crippen molar-refractivity contribution in [1.29, 1.82) is 0 Å². The molecule has 0 heterocycles. The second-order valence-corrected chi connectivity index (χ2v) is 11.8. The van der Waals surface area contributed by atoms with Crippen LogP contribution in [0, 0.1) is 0 Å². The van der Waals surface area contributed by atoms with E-state index in [-0.39, 0.29) is 5.54 Å². The van der Waals surface area contributed by atoms with E-state index in [4.69, 9.17) is 9.47 Å². The summed E-state index contributed by atoms with van der Waals surface area (Å²) in [7, 11) is -0.188. The van der Waals surface area contributed by atoms with Crippen molar-refractivity contribution in [1.82, 2.24) is 0 Å². The Hall–Kier alpha value is -1.88. The smallest absolute Gasteiger partial charge is 0.118 e. The monoisotopic (exact) mass is 370 g/mol. The fraction of sp³-hybridized carbons (Fsp3) is 0.364. The fourth-order valence-electron chi connectivity index (χ4n) is 3.29. The van der Waals surface area contributed by atoms with Crippen LogP contribution in [-0.2, 0) is 11.3 Å². The van der Waals surface area contributed by atoms with Crippen molar-refractivity contribution in [2.75, 3.05) is 13.7 Å². The molecule has 0 bridgehead atoms. The number of hydrogen-bond acceptors (Lipinski definition) is 3. The zero-order valence-electron chi connectivity index (χ0n) is 16.0. The molecular formula is C22H30O3Si. The SMILES string of the molecule is C=C[C@H]([C@@H](O)CCOCc1ccc(OC)cc1)[Si](C)(C)c1ccccc1. The summed E-state index contributed by atoms with van der Waals surface area (Å²) >= 11 is 0. The predicted molar refractivity (Wildman–Crippen MR) is 111 cm³/mol. The van der Waals surface area contributed by atoms with E-state index in [1.165, 1.54) is 5.19 Å². The molecule has 0 spiro atoms. The largest absolute Gasteiger partial charge is 0.497 e. The van der Waals surface area contributed by atoms with Crippen molar-refractivity contribution in [3.63, 3.8) is 0 Å². The Morgan fingerprint density at radius 3 is 2.31 bits per heavy atom. The van der Waals surface area contributed by atoms with Crippen LogP contribution < -0.4 is 9.92 Å². The van der Waals surface area contributed by atoms with Crippen LogP contribution in [0.4, 0.5) is 0 Å². The first-order valence-electron chi connectivity index (χ1n) is 9.06. The van der Waals surface area contributed by atoms with E-state index in [2.05, 4.69) is 43.9 Å². The lowest BCUT2D eigenvalue weighted by Crippen LogP contribution is -2.49. The molecule has 2 aromatic rings. The third kappa shape index (κ3) is 5.31. The molecule has 26 heavy (non-hydrogen) atoms. The number of ether oxygens (including phenoxy) is 2. The number of hydrogen-bond donors (Lipinski definition) is 1. The van der Waals surface area contributed by atoms with Crippen LogP contribution in [0.15, 0.2) is 67.3 Å². The predicted octanol–water partition coefficient (Wildman–Crippen LogP) is 4.13. The van der Waals surface area contributed by atoms with Crippen LogP contribution >= 0.6 is 0 Å². The molecule has 0 radical (unpaired) electrons. The van der Waals surface area contributed by atoms with E-state index in [1.807, 2.05) is 36.4 Å². The van der Waals surface area contributed by atoms with Gasteiger partial charge >= 0.3 is 0 Å². The van der Waals surface area contributed by atoms with E-state index in [0.29, 0.717) is 19.6 Å². The van der Waals surface area contributed by atoms with Crippen LogP contribution in [0.2, 0.25) is 18.6 Å². The Morgan fingerprint density at radius 2 is 1.73 bits per heavy atom. The van der Waals surface area contributed by atoms with Gasteiger partial charge < -0.3 is 14.6 Å². The van der Waals surface area contributed by atoms with Gasteiger partial charge in [-0.3, -0.25) is 0 Å².